The van der Waals surface area contributed by atoms with E-state index in [0.29, 0.717) is 26.2 Å². The van der Waals surface area contributed by atoms with Crippen LogP contribution in [0.3, 0.4) is 0 Å². The Hall–Kier alpha value is -0.260. The van der Waals surface area contributed by atoms with Crippen LogP contribution in [0.25, 0.3) is 0 Å². The van der Waals surface area contributed by atoms with Crippen molar-refractivity contribution in [2.75, 3.05) is 32.1 Å². The average Bonchev–Trinajstić information content (AvgIpc) is 3.09. The van der Waals surface area contributed by atoms with Crippen molar-refractivity contribution < 1.29 is 14.6 Å². The maximum atomic E-state index is 12.1. The molecular weight excluding hydrogens is 226 g/mol. The molecule has 1 heterocycles. The molecule has 5 heteroatoms. The molecule has 1 saturated carbocycles. The number of carbonyl (C=O) groups is 1. The van der Waals surface area contributed by atoms with E-state index in [1.54, 1.807) is 4.90 Å². The van der Waals surface area contributed by atoms with Crippen LogP contribution in [0.2, 0.25) is 0 Å². The summed E-state index contributed by atoms with van der Waals surface area (Å²) in [4.78, 5) is 13.9. The first-order valence-corrected chi connectivity index (χ1v) is 6.43. The fourth-order valence-corrected chi connectivity index (χ4v) is 2.55. The van der Waals surface area contributed by atoms with Crippen molar-refractivity contribution in [1.29, 1.82) is 0 Å². The van der Waals surface area contributed by atoms with E-state index < -0.39 is 0 Å². The van der Waals surface area contributed by atoms with E-state index >= 15 is 0 Å². The van der Waals surface area contributed by atoms with Crippen molar-refractivity contribution in [3.8, 4) is 0 Å². The van der Waals surface area contributed by atoms with Crippen molar-refractivity contribution in [1.82, 2.24) is 4.90 Å². The fraction of sp³-hybridized carbons (Fsp3) is 0.909. The highest BCUT2D eigenvalue weighted by Gasteiger charge is 2.44. The molecule has 2 aliphatic rings. The summed E-state index contributed by atoms with van der Waals surface area (Å²) in [5, 5.41) is 9.19. The molecule has 1 atom stereocenters. The summed E-state index contributed by atoms with van der Waals surface area (Å²) >= 11 is 4.30. The summed E-state index contributed by atoms with van der Waals surface area (Å²) in [6, 6.07) is -0.156. The molecule has 0 spiro atoms. The van der Waals surface area contributed by atoms with Gasteiger partial charge in [-0.2, -0.15) is 12.6 Å². The summed E-state index contributed by atoms with van der Waals surface area (Å²) in [5.41, 5.74) is 0.151. The maximum Gasteiger partial charge on any atom is 0.223 e. The van der Waals surface area contributed by atoms with E-state index in [1.807, 2.05) is 0 Å². The van der Waals surface area contributed by atoms with Gasteiger partial charge < -0.3 is 14.7 Å². The highest BCUT2D eigenvalue weighted by molar-refractivity contribution is 7.80. The SMILES string of the molecule is O=C(CC1(CS)CC1)N1CCOCC1CO. The Labute approximate surface area is 101 Å². The van der Waals surface area contributed by atoms with Crippen LogP contribution in [0.4, 0.5) is 0 Å². The van der Waals surface area contributed by atoms with Crippen molar-refractivity contribution in [3.63, 3.8) is 0 Å². The Balaban J connectivity index is 1.92. The van der Waals surface area contributed by atoms with E-state index in [4.69, 9.17) is 4.74 Å². The number of ether oxygens (including phenoxy) is 1. The molecule has 92 valence electrons. The number of rotatable bonds is 4. The average molecular weight is 245 g/mol. The third-order valence-corrected chi connectivity index (χ3v) is 4.25. The van der Waals surface area contributed by atoms with Gasteiger partial charge in [0.2, 0.25) is 5.91 Å². The summed E-state index contributed by atoms with van der Waals surface area (Å²) in [6.07, 6.45) is 2.79. The Morgan fingerprint density at radius 1 is 1.56 bits per heavy atom. The summed E-state index contributed by atoms with van der Waals surface area (Å²) in [7, 11) is 0. The van der Waals surface area contributed by atoms with Gasteiger partial charge in [0.25, 0.3) is 0 Å². The molecule has 0 aromatic rings. The predicted molar refractivity (Wildman–Crippen MR) is 63.5 cm³/mol. The Morgan fingerprint density at radius 2 is 2.31 bits per heavy atom. The molecule has 0 aromatic heterocycles. The number of aliphatic hydroxyl groups is 1. The van der Waals surface area contributed by atoms with Gasteiger partial charge in [-0.15, -0.1) is 0 Å². The van der Waals surface area contributed by atoms with Crippen molar-refractivity contribution in [2.45, 2.75) is 25.3 Å². The second kappa shape index (κ2) is 4.94. The zero-order valence-corrected chi connectivity index (χ0v) is 10.3. The third kappa shape index (κ3) is 2.52. The molecule has 1 unspecified atom stereocenters. The van der Waals surface area contributed by atoms with Gasteiger partial charge in [-0.25, -0.2) is 0 Å². The van der Waals surface area contributed by atoms with Gasteiger partial charge >= 0.3 is 0 Å². The first kappa shape index (κ1) is 12.2. The zero-order valence-electron chi connectivity index (χ0n) is 9.39. The summed E-state index contributed by atoms with van der Waals surface area (Å²) < 4.78 is 5.26. The van der Waals surface area contributed by atoms with Gasteiger partial charge in [-0.1, -0.05) is 0 Å². The monoisotopic (exact) mass is 245 g/mol. The van der Waals surface area contributed by atoms with Crippen molar-refractivity contribution in [2.24, 2.45) is 5.41 Å². The van der Waals surface area contributed by atoms with Crippen molar-refractivity contribution >= 4 is 18.5 Å². The van der Waals surface area contributed by atoms with Crippen LogP contribution >= 0.6 is 12.6 Å². The van der Waals surface area contributed by atoms with Gasteiger partial charge in [0.1, 0.15) is 0 Å². The fourth-order valence-electron chi connectivity index (χ4n) is 2.12. The van der Waals surface area contributed by atoms with Crippen LogP contribution in [0.5, 0.6) is 0 Å². The molecule has 0 aromatic carbocycles. The second-order valence-electron chi connectivity index (χ2n) is 4.83. The first-order valence-electron chi connectivity index (χ1n) is 5.80. The lowest BCUT2D eigenvalue weighted by molar-refractivity contribution is -0.142. The summed E-state index contributed by atoms with van der Waals surface area (Å²) in [6.45, 7) is 1.62. The number of hydrogen-bond donors (Lipinski definition) is 2. The molecular formula is C11H19NO3S. The van der Waals surface area contributed by atoms with Crippen LogP contribution in [0, 0.1) is 5.41 Å². The predicted octanol–water partition coefficient (Wildman–Crippen LogP) is 0.306. The number of morpholine rings is 1. The highest BCUT2D eigenvalue weighted by Crippen LogP contribution is 2.49. The number of hydrogen-bond acceptors (Lipinski definition) is 4. The van der Waals surface area contributed by atoms with Crippen LogP contribution in [0.15, 0.2) is 0 Å². The van der Waals surface area contributed by atoms with Gasteiger partial charge in [0.15, 0.2) is 0 Å². The standard InChI is InChI=1S/C11H19NO3S/c13-6-9-7-15-4-3-12(9)10(14)5-11(8-16)1-2-11/h9,13,16H,1-8H2. The number of aliphatic hydroxyl groups excluding tert-OH is 1. The highest BCUT2D eigenvalue weighted by atomic mass is 32.1. The second-order valence-corrected chi connectivity index (χ2v) is 5.15. The Kier molecular flexibility index (Phi) is 3.77. The minimum atomic E-state index is -0.156. The molecule has 1 amide bonds. The molecule has 0 radical (unpaired) electrons. The maximum absolute atomic E-state index is 12.1. The number of carbonyl (C=O) groups excluding carboxylic acids is 1. The lowest BCUT2D eigenvalue weighted by atomic mass is 10.0. The molecule has 1 saturated heterocycles. The Bertz CT molecular complexity index is 268. The van der Waals surface area contributed by atoms with Crippen LogP contribution in [-0.4, -0.2) is 54.1 Å². The van der Waals surface area contributed by atoms with E-state index in [-0.39, 0.29) is 24.0 Å². The van der Waals surface area contributed by atoms with E-state index in [1.165, 1.54) is 0 Å². The minimum absolute atomic E-state index is 0.0143. The molecule has 1 N–H and O–H groups in total. The van der Waals surface area contributed by atoms with E-state index in [9.17, 15) is 9.90 Å². The molecule has 2 rings (SSSR count). The topological polar surface area (TPSA) is 49.8 Å². The molecule has 0 bridgehead atoms. The lowest BCUT2D eigenvalue weighted by Crippen LogP contribution is -2.51. The van der Waals surface area contributed by atoms with Gasteiger partial charge in [0, 0.05) is 13.0 Å². The van der Waals surface area contributed by atoms with E-state index in [0.717, 1.165) is 18.6 Å². The van der Waals surface area contributed by atoms with Gasteiger partial charge in [-0.05, 0) is 24.0 Å². The molecule has 2 fully saturated rings. The molecule has 4 nitrogen and oxygen atoms in total. The number of nitrogens with zero attached hydrogens (tertiary/aromatic N) is 1. The number of amides is 1. The smallest absolute Gasteiger partial charge is 0.223 e. The first-order chi connectivity index (χ1) is 7.71. The zero-order chi connectivity index (χ0) is 11.6. The minimum Gasteiger partial charge on any atom is -0.394 e. The van der Waals surface area contributed by atoms with Gasteiger partial charge in [0.05, 0.1) is 25.9 Å². The van der Waals surface area contributed by atoms with Crippen LogP contribution in [0.1, 0.15) is 19.3 Å². The quantitative estimate of drug-likeness (QED) is 0.701. The normalized spacial score (nSPS) is 27.9. The van der Waals surface area contributed by atoms with Crippen LogP contribution < -0.4 is 0 Å². The largest absolute Gasteiger partial charge is 0.394 e. The lowest BCUT2D eigenvalue weighted by Gasteiger charge is -2.35. The molecule has 16 heavy (non-hydrogen) atoms. The summed E-state index contributed by atoms with van der Waals surface area (Å²) in [5.74, 6) is 0.932. The third-order valence-electron chi connectivity index (χ3n) is 3.58. The Morgan fingerprint density at radius 3 is 2.88 bits per heavy atom. The van der Waals surface area contributed by atoms with Crippen molar-refractivity contribution in [3.05, 3.63) is 0 Å². The molecule has 1 aliphatic carbocycles. The molecule has 1 aliphatic heterocycles. The number of thiol groups is 1. The van der Waals surface area contributed by atoms with Crippen LogP contribution in [-0.2, 0) is 9.53 Å². The van der Waals surface area contributed by atoms with E-state index in [2.05, 4.69) is 12.6 Å². The van der Waals surface area contributed by atoms with Gasteiger partial charge in [-0.3, -0.25) is 4.79 Å².